The molecule has 0 bridgehead atoms. The van der Waals surface area contributed by atoms with Crippen molar-refractivity contribution in [1.82, 2.24) is 9.97 Å². The summed E-state index contributed by atoms with van der Waals surface area (Å²) < 4.78 is 33.7. The van der Waals surface area contributed by atoms with Crippen LogP contribution in [0, 0.1) is 17.6 Å². The Morgan fingerprint density at radius 3 is 2.88 bits per heavy atom. The number of ether oxygens (including phenoxy) is 1. The van der Waals surface area contributed by atoms with Crippen molar-refractivity contribution in [2.24, 2.45) is 5.92 Å². The maximum Gasteiger partial charge on any atom is 0.185 e. The van der Waals surface area contributed by atoms with E-state index in [9.17, 15) is 18.7 Å². The summed E-state index contributed by atoms with van der Waals surface area (Å²) in [5.41, 5.74) is 1.49. The molecule has 1 aliphatic rings. The molecule has 0 amide bonds. The summed E-state index contributed by atoms with van der Waals surface area (Å²) in [6.45, 7) is 1.51. The van der Waals surface area contributed by atoms with Crippen molar-refractivity contribution in [1.29, 1.82) is 0 Å². The van der Waals surface area contributed by atoms with Crippen molar-refractivity contribution in [3.8, 4) is 17.1 Å². The fourth-order valence-electron chi connectivity index (χ4n) is 4.23. The van der Waals surface area contributed by atoms with Gasteiger partial charge in [-0.3, -0.25) is 4.79 Å². The highest BCUT2D eigenvalue weighted by Crippen LogP contribution is 2.31. The highest BCUT2D eigenvalue weighted by Gasteiger charge is 2.23. The van der Waals surface area contributed by atoms with Gasteiger partial charge in [0.25, 0.3) is 0 Å². The number of hydrogen-bond acceptors (Lipinski definition) is 6. The summed E-state index contributed by atoms with van der Waals surface area (Å²) in [4.78, 5) is 23.6. The first kappa shape index (κ1) is 22.8. The zero-order valence-electron chi connectivity index (χ0n) is 18.3. The summed E-state index contributed by atoms with van der Waals surface area (Å²) in [6.07, 6.45) is 3.17. The number of methoxy groups -OCH3 is 1. The van der Waals surface area contributed by atoms with E-state index < -0.39 is 11.6 Å². The first-order chi connectivity index (χ1) is 16.0. The van der Waals surface area contributed by atoms with Gasteiger partial charge in [-0.1, -0.05) is 6.07 Å². The number of aromatic nitrogens is 2. The average molecular weight is 453 g/mol. The highest BCUT2D eigenvalue weighted by atomic mass is 19.1. The lowest BCUT2D eigenvalue weighted by Gasteiger charge is -2.34. The van der Waals surface area contributed by atoms with Gasteiger partial charge in [-0.2, -0.15) is 0 Å². The molecule has 2 heterocycles. The fourth-order valence-corrected chi connectivity index (χ4v) is 4.23. The summed E-state index contributed by atoms with van der Waals surface area (Å²) in [7, 11) is 1.42. The van der Waals surface area contributed by atoms with Crippen LogP contribution in [-0.2, 0) is 6.42 Å². The van der Waals surface area contributed by atoms with Crippen molar-refractivity contribution in [2.75, 3.05) is 31.7 Å². The molecule has 0 saturated carbocycles. The smallest absolute Gasteiger partial charge is 0.185 e. The maximum atomic E-state index is 14.5. The van der Waals surface area contributed by atoms with Crippen LogP contribution in [-0.4, -0.2) is 47.7 Å². The van der Waals surface area contributed by atoms with E-state index in [-0.39, 0.29) is 47.6 Å². The molecule has 172 valence electrons. The lowest BCUT2D eigenvalue weighted by molar-refractivity contribution is 0.0988. The van der Waals surface area contributed by atoms with Crippen LogP contribution in [0.2, 0.25) is 0 Å². The van der Waals surface area contributed by atoms with Crippen LogP contribution in [0.25, 0.3) is 11.4 Å². The highest BCUT2D eigenvalue weighted by molar-refractivity contribution is 5.96. The van der Waals surface area contributed by atoms with Crippen LogP contribution >= 0.6 is 0 Å². The second-order valence-corrected chi connectivity index (χ2v) is 8.09. The van der Waals surface area contributed by atoms with Crippen LogP contribution in [0.1, 0.15) is 28.9 Å². The van der Waals surface area contributed by atoms with Gasteiger partial charge < -0.3 is 14.7 Å². The van der Waals surface area contributed by atoms with Crippen molar-refractivity contribution in [2.45, 2.75) is 19.3 Å². The molecule has 6 nitrogen and oxygen atoms in total. The molecule has 8 heteroatoms. The largest absolute Gasteiger partial charge is 0.496 e. The van der Waals surface area contributed by atoms with E-state index in [0.717, 1.165) is 25.1 Å². The summed E-state index contributed by atoms with van der Waals surface area (Å²) in [5, 5.41) is 9.55. The van der Waals surface area contributed by atoms with Crippen LogP contribution in [0.3, 0.4) is 0 Å². The minimum Gasteiger partial charge on any atom is -0.496 e. The Hall–Kier alpha value is -3.39. The number of nitrogens with zero attached hydrogens (tertiary/aromatic N) is 3. The molecule has 0 spiro atoms. The van der Waals surface area contributed by atoms with Gasteiger partial charge in [-0.05, 0) is 60.7 Å². The lowest BCUT2D eigenvalue weighted by Crippen LogP contribution is -2.37. The third-order valence-corrected chi connectivity index (χ3v) is 5.87. The molecule has 1 fully saturated rings. The molecule has 1 saturated heterocycles. The minimum absolute atomic E-state index is 0.0390. The molecule has 0 radical (unpaired) electrons. The molecule has 0 unspecified atom stereocenters. The van der Waals surface area contributed by atoms with Crippen LogP contribution in [0.4, 0.5) is 14.5 Å². The molecule has 1 aromatic heterocycles. The lowest BCUT2D eigenvalue weighted by atomic mass is 9.96. The van der Waals surface area contributed by atoms with Gasteiger partial charge >= 0.3 is 0 Å². The second-order valence-electron chi connectivity index (χ2n) is 8.09. The minimum atomic E-state index is -0.560. The van der Waals surface area contributed by atoms with Crippen molar-refractivity contribution < 1.29 is 23.4 Å². The standard InChI is InChI=1S/C25H25F2N3O3/c1-33-23-6-2-5-19(27)24(23)25-28-10-9-20(29-25)22(32)13-17-12-18(26)7-8-21(17)30-11-3-4-16(14-30)15-31/h2,5-10,12,16,31H,3-4,11,13-15H2,1H3/t16-/m0/s1. The van der Waals surface area contributed by atoms with Crippen molar-refractivity contribution in [3.63, 3.8) is 0 Å². The van der Waals surface area contributed by atoms with Crippen LogP contribution in [0.15, 0.2) is 48.7 Å². The number of rotatable bonds is 7. The van der Waals surface area contributed by atoms with E-state index >= 15 is 0 Å². The molecule has 1 atom stereocenters. The third-order valence-electron chi connectivity index (χ3n) is 5.87. The number of ketones is 1. The zero-order valence-corrected chi connectivity index (χ0v) is 18.3. The van der Waals surface area contributed by atoms with Gasteiger partial charge in [0.1, 0.15) is 23.1 Å². The van der Waals surface area contributed by atoms with Gasteiger partial charge in [0, 0.05) is 38.0 Å². The van der Waals surface area contributed by atoms with Gasteiger partial charge in [-0.25, -0.2) is 18.7 Å². The van der Waals surface area contributed by atoms with Gasteiger partial charge in [0.2, 0.25) is 0 Å². The summed E-state index contributed by atoms with van der Waals surface area (Å²) >= 11 is 0. The van der Waals surface area contributed by atoms with E-state index in [1.54, 1.807) is 12.1 Å². The quantitative estimate of drug-likeness (QED) is 0.544. The number of carbonyl (C=O) groups excluding carboxylic acids is 1. The molecular weight excluding hydrogens is 428 g/mol. The summed E-state index contributed by atoms with van der Waals surface area (Å²) in [6, 6.07) is 10.2. The van der Waals surface area contributed by atoms with Crippen molar-refractivity contribution >= 4 is 11.5 Å². The van der Waals surface area contributed by atoms with E-state index in [1.807, 2.05) is 0 Å². The number of carbonyl (C=O) groups is 1. The predicted molar refractivity (Wildman–Crippen MR) is 120 cm³/mol. The Morgan fingerprint density at radius 1 is 1.24 bits per heavy atom. The van der Waals surface area contributed by atoms with E-state index in [2.05, 4.69) is 14.9 Å². The molecule has 4 rings (SSSR count). The second kappa shape index (κ2) is 10.0. The number of halogens is 2. The summed E-state index contributed by atoms with van der Waals surface area (Å²) in [5.74, 6) is -0.886. The number of hydrogen-bond donors (Lipinski definition) is 1. The first-order valence-corrected chi connectivity index (χ1v) is 10.8. The monoisotopic (exact) mass is 453 g/mol. The number of piperidine rings is 1. The van der Waals surface area contributed by atoms with Crippen molar-refractivity contribution in [3.05, 3.63) is 71.6 Å². The third kappa shape index (κ3) is 5.01. The number of benzene rings is 2. The van der Waals surface area contributed by atoms with E-state index in [1.165, 1.54) is 43.6 Å². The van der Waals surface area contributed by atoms with Crippen LogP contribution in [0.5, 0.6) is 5.75 Å². The number of aliphatic hydroxyl groups is 1. The molecule has 1 N–H and O–H groups in total. The number of anilines is 1. The molecule has 1 aliphatic heterocycles. The number of Topliss-reactive ketones (excluding diaryl/α,β-unsaturated/α-hetero) is 1. The Morgan fingerprint density at radius 2 is 2.09 bits per heavy atom. The molecule has 3 aromatic rings. The van der Waals surface area contributed by atoms with Gasteiger partial charge in [-0.15, -0.1) is 0 Å². The fraction of sp³-hybridized carbons (Fsp3) is 0.320. The molecule has 33 heavy (non-hydrogen) atoms. The zero-order chi connectivity index (χ0) is 23.4. The Labute approximate surface area is 190 Å². The first-order valence-electron chi connectivity index (χ1n) is 10.8. The predicted octanol–water partition coefficient (Wildman–Crippen LogP) is 4.06. The Bertz CT molecular complexity index is 1160. The number of aliphatic hydroxyl groups excluding tert-OH is 1. The van der Waals surface area contributed by atoms with E-state index in [4.69, 9.17) is 4.74 Å². The van der Waals surface area contributed by atoms with Gasteiger partial charge in [0.05, 0.1) is 12.7 Å². The Kier molecular flexibility index (Phi) is 6.93. The Balaban J connectivity index is 1.63. The van der Waals surface area contributed by atoms with Gasteiger partial charge in [0.15, 0.2) is 11.6 Å². The topological polar surface area (TPSA) is 75.5 Å². The normalized spacial score (nSPS) is 16.0. The SMILES string of the molecule is COc1cccc(F)c1-c1nccc(C(=O)Cc2cc(F)ccc2N2CCC[C@H](CO)C2)n1. The van der Waals surface area contributed by atoms with E-state index in [0.29, 0.717) is 12.1 Å². The molecule has 0 aliphatic carbocycles. The van der Waals surface area contributed by atoms with Crippen LogP contribution < -0.4 is 9.64 Å². The molecular formula is C25H25F2N3O3. The average Bonchev–Trinajstić information content (AvgIpc) is 2.84. The maximum absolute atomic E-state index is 14.5. The molecule has 2 aromatic carbocycles.